The Kier molecular flexibility index (Phi) is 4.73. The molecule has 2 fully saturated rings. The zero-order valence-electron chi connectivity index (χ0n) is 12.7. The van der Waals surface area contributed by atoms with Crippen LogP contribution in [-0.4, -0.2) is 40.4 Å². The molecular weight excluding hydrogens is 248 g/mol. The Morgan fingerprint density at radius 2 is 2.10 bits per heavy atom. The summed E-state index contributed by atoms with van der Waals surface area (Å²) in [6.45, 7) is 6.74. The Morgan fingerprint density at radius 1 is 1.30 bits per heavy atom. The molecule has 3 rings (SSSR count). The normalized spacial score (nSPS) is 21.3. The highest BCUT2D eigenvalue weighted by Crippen LogP contribution is 2.27. The highest BCUT2D eigenvalue weighted by molar-refractivity contribution is 5.01. The molecule has 1 saturated heterocycles. The lowest BCUT2D eigenvalue weighted by molar-refractivity contribution is 0.135. The number of nitrogens with zero attached hydrogens (tertiary/aromatic N) is 3. The van der Waals surface area contributed by atoms with E-state index < -0.39 is 0 Å². The SMILES string of the molecule is CCCN(Cc1ccn(C2CCCCC2)n1)C1CNC1. The minimum atomic E-state index is 0.655. The summed E-state index contributed by atoms with van der Waals surface area (Å²) in [4.78, 5) is 2.59. The molecule has 2 heterocycles. The second kappa shape index (κ2) is 6.72. The van der Waals surface area contributed by atoms with Gasteiger partial charge in [0.2, 0.25) is 0 Å². The van der Waals surface area contributed by atoms with Crippen LogP contribution < -0.4 is 5.32 Å². The van der Waals surface area contributed by atoms with Crippen molar-refractivity contribution >= 4 is 0 Å². The van der Waals surface area contributed by atoms with Crippen LogP contribution in [0.25, 0.3) is 0 Å². The van der Waals surface area contributed by atoms with Gasteiger partial charge in [-0.2, -0.15) is 5.10 Å². The zero-order valence-corrected chi connectivity index (χ0v) is 12.7. The molecule has 1 saturated carbocycles. The smallest absolute Gasteiger partial charge is 0.0765 e. The van der Waals surface area contributed by atoms with E-state index in [4.69, 9.17) is 5.10 Å². The number of nitrogens with one attached hydrogen (secondary N) is 1. The summed E-state index contributed by atoms with van der Waals surface area (Å²) in [5.41, 5.74) is 1.25. The van der Waals surface area contributed by atoms with Crippen LogP contribution in [0.2, 0.25) is 0 Å². The van der Waals surface area contributed by atoms with Gasteiger partial charge < -0.3 is 5.32 Å². The van der Waals surface area contributed by atoms with Crippen molar-refractivity contribution in [2.75, 3.05) is 19.6 Å². The standard InChI is InChI=1S/C16H28N4/c1-2-9-19(16-11-17-12-16)13-14-8-10-20(18-14)15-6-4-3-5-7-15/h8,10,15-17H,2-7,9,11-13H2,1H3. The molecule has 2 aliphatic rings. The average molecular weight is 276 g/mol. The van der Waals surface area contributed by atoms with Crippen LogP contribution in [-0.2, 0) is 6.54 Å². The summed E-state index contributed by atoms with van der Waals surface area (Å²) in [5.74, 6) is 0. The summed E-state index contributed by atoms with van der Waals surface area (Å²) in [6, 6.07) is 3.60. The van der Waals surface area contributed by atoms with Crippen molar-refractivity contribution in [2.45, 2.75) is 64.1 Å². The van der Waals surface area contributed by atoms with Crippen LogP contribution in [0.5, 0.6) is 0 Å². The molecule has 20 heavy (non-hydrogen) atoms. The van der Waals surface area contributed by atoms with E-state index >= 15 is 0 Å². The van der Waals surface area contributed by atoms with E-state index in [0.29, 0.717) is 6.04 Å². The van der Waals surface area contributed by atoms with Crippen molar-refractivity contribution in [2.24, 2.45) is 0 Å². The predicted molar refractivity (Wildman–Crippen MR) is 81.7 cm³/mol. The first kappa shape index (κ1) is 14.1. The molecule has 0 atom stereocenters. The third kappa shape index (κ3) is 3.23. The highest BCUT2D eigenvalue weighted by Gasteiger charge is 2.24. The molecule has 0 amide bonds. The molecule has 0 unspecified atom stereocenters. The van der Waals surface area contributed by atoms with E-state index in [1.807, 2.05) is 0 Å². The molecule has 1 aliphatic carbocycles. The molecule has 1 aliphatic heterocycles. The van der Waals surface area contributed by atoms with Crippen molar-refractivity contribution in [1.29, 1.82) is 0 Å². The number of hydrogen-bond donors (Lipinski definition) is 1. The van der Waals surface area contributed by atoms with E-state index in [1.54, 1.807) is 0 Å². The molecule has 0 aromatic carbocycles. The van der Waals surface area contributed by atoms with E-state index in [-0.39, 0.29) is 0 Å². The van der Waals surface area contributed by atoms with Gasteiger partial charge in [-0.3, -0.25) is 9.58 Å². The first-order valence-electron chi connectivity index (χ1n) is 8.35. The molecule has 112 valence electrons. The van der Waals surface area contributed by atoms with Gasteiger partial charge in [0.05, 0.1) is 11.7 Å². The Balaban J connectivity index is 1.60. The van der Waals surface area contributed by atoms with E-state index in [9.17, 15) is 0 Å². The van der Waals surface area contributed by atoms with Crippen molar-refractivity contribution in [3.05, 3.63) is 18.0 Å². The minimum Gasteiger partial charge on any atom is -0.314 e. The first-order chi connectivity index (χ1) is 9.86. The van der Waals surface area contributed by atoms with Crippen LogP contribution >= 0.6 is 0 Å². The van der Waals surface area contributed by atoms with Gasteiger partial charge in [0.1, 0.15) is 0 Å². The third-order valence-corrected chi connectivity index (χ3v) is 4.76. The monoisotopic (exact) mass is 276 g/mol. The zero-order chi connectivity index (χ0) is 13.8. The maximum atomic E-state index is 4.85. The topological polar surface area (TPSA) is 33.1 Å². The molecule has 0 spiro atoms. The van der Waals surface area contributed by atoms with E-state index in [2.05, 4.69) is 34.1 Å². The van der Waals surface area contributed by atoms with Crippen LogP contribution in [0.1, 0.15) is 57.2 Å². The molecular formula is C16H28N4. The van der Waals surface area contributed by atoms with Crippen molar-refractivity contribution in [3.63, 3.8) is 0 Å². The van der Waals surface area contributed by atoms with Crippen molar-refractivity contribution < 1.29 is 0 Å². The fraction of sp³-hybridized carbons (Fsp3) is 0.812. The van der Waals surface area contributed by atoms with Gasteiger partial charge >= 0.3 is 0 Å². The first-order valence-corrected chi connectivity index (χ1v) is 8.35. The maximum Gasteiger partial charge on any atom is 0.0765 e. The van der Waals surface area contributed by atoms with Gasteiger partial charge in [-0.05, 0) is 31.9 Å². The van der Waals surface area contributed by atoms with Gasteiger partial charge in [-0.25, -0.2) is 0 Å². The number of rotatable bonds is 6. The predicted octanol–water partition coefficient (Wildman–Crippen LogP) is 2.57. The number of aromatic nitrogens is 2. The second-order valence-corrected chi connectivity index (χ2v) is 6.36. The lowest BCUT2D eigenvalue weighted by Gasteiger charge is -2.37. The fourth-order valence-electron chi connectivity index (χ4n) is 3.43. The van der Waals surface area contributed by atoms with E-state index in [0.717, 1.165) is 25.7 Å². The summed E-state index contributed by atoms with van der Waals surface area (Å²) in [7, 11) is 0. The third-order valence-electron chi connectivity index (χ3n) is 4.76. The quantitative estimate of drug-likeness (QED) is 0.867. The van der Waals surface area contributed by atoms with E-state index in [1.165, 1.54) is 50.8 Å². The molecule has 4 nitrogen and oxygen atoms in total. The van der Waals surface area contributed by atoms with Gasteiger partial charge in [-0.15, -0.1) is 0 Å². The maximum absolute atomic E-state index is 4.85. The van der Waals surface area contributed by atoms with Crippen LogP contribution in [0, 0.1) is 0 Å². The van der Waals surface area contributed by atoms with Crippen LogP contribution in [0.4, 0.5) is 0 Å². The molecule has 1 aromatic heterocycles. The second-order valence-electron chi connectivity index (χ2n) is 6.36. The average Bonchev–Trinajstić information content (AvgIpc) is 2.87. The summed E-state index contributed by atoms with van der Waals surface area (Å²) < 4.78 is 2.23. The minimum absolute atomic E-state index is 0.655. The number of hydrogen-bond acceptors (Lipinski definition) is 3. The Hall–Kier alpha value is -0.870. The van der Waals surface area contributed by atoms with Gasteiger partial charge in [0, 0.05) is 31.9 Å². The molecule has 4 heteroatoms. The van der Waals surface area contributed by atoms with Crippen LogP contribution in [0.15, 0.2) is 12.3 Å². The largest absolute Gasteiger partial charge is 0.314 e. The van der Waals surface area contributed by atoms with Gasteiger partial charge in [0.15, 0.2) is 0 Å². The lowest BCUT2D eigenvalue weighted by atomic mass is 9.96. The Bertz CT molecular complexity index is 404. The summed E-state index contributed by atoms with van der Waals surface area (Å²) in [6.07, 6.45) is 10.2. The van der Waals surface area contributed by atoms with Crippen LogP contribution in [0.3, 0.4) is 0 Å². The molecule has 1 N–H and O–H groups in total. The summed E-state index contributed by atoms with van der Waals surface area (Å²) in [5, 5.41) is 8.23. The van der Waals surface area contributed by atoms with Crippen molar-refractivity contribution in [1.82, 2.24) is 20.0 Å². The molecule has 0 bridgehead atoms. The van der Waals surface area contributed by atoms with Gasteiger partial charge in [-0.1, -0.05) is 26.2 Å². The lowest BCUT2D eigenvalue weighted by Crippen LogP contribution is -2.57. The Labute approximate surface area is 122 Å². The van der Waals surface area contributed by atoms with Gasteiger partial charge in [0.25, 0.3) is 0 Å². The Morgan fingerprint density at radius 3 is 2.75 bits per heavy atom. The fourth-order valence-corrected chi connectivity index (χ4v) is 3.43. The molecule has 1 aromatic rings. The molecule has 0 radical (unpaired) electrons. The summed E-state index contributed by atoms with van der Waals surface area (Å²) >= 11 is 0. The highest BCUT2D eigenvalue weighted by atomic mass is 15.3. The van der Waals surface area contributed by atoms with Crippen molar-refractivity contribution in [3.8, 4) is 0 Å².